The fraction of sp³-hybridized carbons (Fsp3) is 0.375. The van der Waals surface area contributed by atoms with Gasteiger partial charge >= 0.3 is 12.2 Å². The number of hydrogen-bond donors (Lipinski definition) is 2. The zero-order valence-electron chi connectivity index (χ0n) is 13.9. The third-order valence-corrected chi connectivity index (χ3v) is 4.25. The maximum Gasteiger partial charge on any atom is 0.416 e. The predicted octanol–water partition coefficient (Wildman–Crippen LogP) is 0.637. The number of halogens is 3. The number of likely N-dealkylation sites (tertiary alicyclic amines) is 1. The molecule has 27 heavy (non-hydrogen) atoms. The van der Waals surface area contributed by atoms with Gasteiger partial charge in [-0.25, -0.2) is 9.80 Å². The Balaban J connectivity index is 1.61. The van der Waals surface area contributed by atoms with Crippen LogP contribution in [0.15, 0.2) is 24.3 Å². The number of alkyl halides is 3. The summed E-state index contributed by atoms with van der Waals surface area (Å²) in [4.78, 5) is 48.1. The lowest BCUT2D eigenvalue weighted by Gasteiger charge is -2.19. The van der Waals surface area contributed by atoms with Gasteiger partial charge in [0, 0.05) is 19.5 Å². The molecule has 0 bridgehead atoms. The highest BCUT2D eigenvalue weighted by Crippen LogP contribution is 2.30. The van der Waals surface area contributed by atoms with E-state index < -0.39 is 35.5 Å². The molecule has 2 N–H and O–H groups in total. The minimum Gasteiger partial charge on any atom is -0.338 e. The molecule has 2 aliphatic rings. The molecule has 0 spiro atoms. The van der Waals surface area contributed by atoms with Gasteiger partial charge in [0.1, 0.15) is 6.54 Å². The van der Waals surface area contributed by atoms with E-state index in [2.05, 4.69) is 5.43 Å². The van der Waals surface area contributed by atoms with E-state index in [1.807, 2.05) is 5.32 Å². The summed E-state index contributed by atoms with van der Waals surface area (Å²) in [6.45, 7) is -0.376. The molecule has 0 aromatic heterocycles. The number of hydrazine groups is 1. The van der Waals surface area contributed by atoms with Crippen molar-refractivity contribution in [3.8, 4) is 0 Å². The summed E-state index contributed by atoms with van der Waals surface area (Å²) in [7, 11) is 0. The number of hydrogen-bond acceptors (Lipinski definition) is 4. The van der Waals surface area contributed by atoms with E-state index in [9.17, 15) is 32.3 Å². The zero-order chi connectivity index (χ0) is 19.8. The fourth-order valence-electron chi connectivity index (χ4n) is 2.92. The third kappa shape index (κ3) is 4.18. The summed E-state index contributed by atoms with van der Waals surface area (Å²) in [6, 6.07) is 3.86. The van der Waals surface area contributed by atoms with Crippen molar-refractivity contribution in [2.75, 3.05) is 13.1 Å². The van der Waals surface area contributed by atoms with Gasteiger partial charge in [-0.05, 0) is 17.7 Å². The number of amides is 5. The SMILES string of the molecule is O=C1CN(NC(=O)C2CC(=O)N(Cc3cccc(C(F)(F)F)c3)C2)C(=O)N1. The lowest BCUT2D eigenvalue weighted by Crippen LogP contribution is -2.47. The normalized spacial score (nSPS) is 20.3. The molecule has 11 heteroatoms. The van der Waals surface area contributed by atoms with Crippen molar-refractivity contribution < 1.29 is 32.3 Å². The summed E-state index contributed by atoms with van der Waals surface area (Å²) < 4.78 is 38.4. The van der Waals surface area contributed by atoms with E-state index in [1.165, 1.54) is 17.0 Å². The first-order valence-corrected chi connectivity index (χ1v) is 7.99. The van der Waals surface area contributed by atoms with Crippen LogP contribution in [0.2, 0.25) is 0 Å². The van der Waals surface area contributed by atoms with Crippen LogP contribution in [-0.2, 0) is 27.1 Å². The van der Waals surface area contributed by atoms with Gasteiger partial charge in [0.25, 0.3) is 0 Å². The van der Waals surface area contributed by atoms with Gasteiger partial charge in [-0.2, -0.15) is 13.2 Å². The Bertz CT molecular complexity index is 811. The average molecular weight is 384 g/mol. The molecule has 0 saturated carbocycles. The Labute approximate surface area is 151 Å². The Morgan fingerprint density at radius 1 is 1.26 bits per heavy atom. The van der Waals surface area contributed by atoms with Crippen molar-refractivity contribution in [3.05, 3.63) is 35.4 Å². The van der Waals surface area contributed by atoms with Crippen LogP contribution in [0.5, 0.6) is 0 Å². The van der Waals surface area contributed by atoms with Gasteiger partial charge in [0.2, 0.25) is 17.7 Å². The molecule has 2 fully saturated rings. The molecule has 1 atom stereocenters. The number of carbonyl (C=O) groups is 4. The van der Waals surface area contributed by atoms with Crippen LogP contribution >= 0.6 is 0 Å². The second-order valence-electron chi connectivity index (χ2n) is 6.29. The van der Waals surface area contributed by atoms with Gasteiger partial charge in [0.05, 0.1) is 11.5 Å². The van der Waals surface area contributed by atoms with E-state index in [-0.39, 0.29) is 32.0 Å². The molecule has 0 aliphatic carbocycles. The third-order valence-electron chi connectivity index (χ3n) is 4.25. The highest BCUT2D eigenvalue weighted by molar-refractivity contribution is 6.02. The van der Waals surface area contributed by atoms with Gasteiger partial charge in [-0.1, -0.05) is 12.1 Å². The summed E-state index contributed by atoms with van der Waals surface area (Å²) in [5, 5.41) is 2.80. The zero-order valence-corrected chi connectivity index (χ0v) is 13.9. The van der Waals surface area contributed by atoms with E-state index in [4.69, 9.17) is 0 Å². The molecule has 3 rings (SSSR count). The molecule has 2 heterocycles. The van der Waals surface area contributed by atoms with Crippen molar-refractivity contribution in [3.63, 3.8) is 0 Å². The monoisotopic (exact) mass is 384 g/mol. The number of nitrogens with one attached hydrogen (secondary N) is 2. The molecule has 2 saturated heterocycles. The lowest BCUT2D eigenvalue weighted by atomic mass is 10.1. The summed E-state index contributed by atoms with van der Waals surface area (Å²) in [5.41, 5.74) is 1.75. The molecule has 144 valence electrons. The van der Waals surface area contributed by atoms with Crippen LogP contribution in [-0.4, -0.2) is 46.8 Å². The molecule has 2 aliphatic heterocycles. The van der Waals surface area contributed by atoms with Crippen molar-refractivity contribution in [2.45, 2.75) is 19.1 Å². The van der Waals surface area contributed by atoms with Crippen molar-refractivity contribution in [1.29, 1.82) is 0 Å². The minimum atomic E-state index is -4.48. The summed E-state index contributed by atoms with van der Waals surface area (Å²) in [6.07, 6.45) is -4.62. The summed E-state index contributed by atoms with van der Waals surface area (Å²) >= 11 is 0. The van der Waals surface area contributed by atoms with Gasteiger partial charge in [-0.15, -0.1) is 0 Å². The van der Waals surface area contributed by atoms with Crippen molar-refractivity contribution in [1.82, 2.24) is 20.7 Å². The van der Waals surface area contributed by atoms with Crippen LogP contribution < -0.4 is 10.7 Å². The second-order valence-corrected chi connectivity index (χ2v) is 6.29. The quantitative estimate of drug-likeness (QED) is 0.745. The Morgan fingerprint density at radius 2 is 2.00 bits per heavy atom. The van der Waals surface area contributed by atoms with Crippen molar-refractivity contribution in [2.24, 2.45) is 5.92 Å². The highest BCUT2D eigenvalue weighted by atomic mass is 19.4. The smallest absolute Gasteiger partial charge is 0.338 e. The number of benzene rings is 1. The molecule has 1 aromatic rings. The van der Waals surface area contributed by atoms with Gasteiger partial charge < -0.3 is 4.90 Å². The lowest BCUT2D eigenvalue weighted by molar-refractivity contribution is -0.137. The van der Waals surface area contributed by atoms with E-state index >= 15 is 0 Å². The largest absolute Gasteiger partial charge is 0.416 e. The van der Waals surface area contributed by atoms with Crippen LogP contribution in [0, 0.1) is 5.92 Å². The number of imide groups is 1. The first-order valence-electron chi connectivity index (χ1n) is 7.99. The average Bonchev–Trinajstić information content (AvgIpc) is 3.09. The maximum absolute atomic E-state index is 12.8. The maximum atomic E-state index is 12.8. The van der Waals surface area contributed by atoms with Crippen LogP contribution in [0.1, 0.15) is 17.5 Å². The molecule has 5 amide bonds. The first-order chi connectivity index (χ1) is 12.6. The van der Waals surface area contributed by atoms with Crippen LogP contribution in [0.25, 0.3) is 0 Å². The number of carbonyl (C=O) groups excluding carboxylic acids is 4. The predicted molar refractivity (Wildman–Crippen MR) is 83.4 cm³/mol. The summed E-state index contributed by atoms with van der Waals surface area (Å²) in [5.74, 6) is -2.32. The molecule has 1 aromatic carbocycles. The second kappa shape index (κ2) is 6.89. The Kier molecular flexibility index (Phi) is 4.77. The van der Waals surface area contributed by atoms with Crippen LogP contribution in [0.4, 0.5) is 18.0 Å². The number of nitrogens with zero attached hydrogens (tertiary/aromatic N) is 2. The Hall–Kier alpha value is -3.11. The molecular weight excluding hydrogens is 369 g/mol. The molecule has 8 nitrogen and oxygen atoms in total. The minimum absolute atomic E-state index is 0.00428. The molecular formula is C16H15F3N4O4. The topological polar surface area (TPSA) is 98.8 Å². The standard InChI is InChI=1S/C16H15F3N4O4/c17-16(18,19)11-3-1-2-9(4-11)6-22-7-10(5-13(22)25)14(26)21-23-8-12(24)20-15(23)27/h1-4,10H,5-8H2,(H,21,26)(H,20,24,27). The van der Waals surface area contributed by atoms with E-state index in [0.717, 1.165) is 17.1 Å². The Morgan fingerprint density at radius 3 is 2.63 bits per heavy atom. The fourth-order valence-corrected chi connectivity index (χ4v) is 2.92. The highest BCUT2D eigenvalue weighted by Gasteiger charge is 2.37. The van der Waals surface area contributed by atoms with E-state index in [0.29, 0.717) is 5.56 Å². The number of urea groups is 1. The first kappa shape index (κ1) is 18.7. The van der Waals surface area contributed by atoms with Crippen LogP contribution in [0.3, 0.4) is 0 Å². The number of rotatable bonds is 4. The van der Waals surface area contributed by atoms with E-state index in [1.54, 1.807) is 0 Å². The van der Waals surface area contributed by atoms with Crippen molar-refractivity contribution >= 4 is 23.8 Å². The van der Waals surface area contributed by atoms with Gasteiger partial charge in [-0.3, -0.25) is 25.1 Å². The van der Waals surface area contributed by atoms with Gasteiger partial charge in [0.15, 0.2) is 0 Å². The molecule has 0 radical (unpaired) electrons. The molecule has 1 unspecified atom stereocenters.